The highest BCUT2D eigenvalue weighted by Crippen LogP contribution is 2.20. The van der Waals surface area contributed by atoms with E-state index in [1.54, 1.807) is 6.20 Å². The smallest absolute Gasteiger partial charge is 0.263 e. The maximum atomic E-state index is 12.8. The number of benzene rings is 1. The number of nitrogens with one attached hydrogen (secondary N) is 3. The van der Waals surface area contributed by atoms with E-state index in [9.17, 15) is 14.4 Å². The molecule has 146 valence electrons. The molecular weight excluding hydrogens is 356 g/mol. The minimum atomic E-state index is -0.491. The second-order valence-corrected chi connectivity index (χ2v) is 7.43. The first-order chi connectivity index (χ1) is 13.5. The van der Waals surface area contributed by atoms with Crippen LogP contribution in [0, 0.1) is 0 Å². The molecule has 1 aromatic heterocycles. The molecule has 0 radical (unpaired) electrons. The van der Waals surface area contributed by atoms with Gasteiger partial charge >= 0.3 is 0 Å². The Bertz CT molecular complexity index is 992. The summed E-state index contributed by atoms with van der Waals surface area (Å²) in [6, 6.07) is 7.77. The van der Waals surface area contributed by atoms with Crippen LogP contribution in [0.4, 0.5) is 0 Å². The van der Waals surface area contributed by atoms with Gasteiger partial charge in [0.1, 0.15) is 5.56 Å². The summed E-state index contributed by atoms with van der Waals surface area (Å²) in [6.07, 6.45) is 4.48. The van der Waals surface area contributed by atoms with Crippen molar-refractivity contribution in [1.82, 2.24) is 20.5 Å². The highest BCUT2D eigenvalue weighted by atomic mass is 16.2. The minimum absolute atomic E-state index is 0.0226. The van der Waals surface area contributed by atoms with E-state index >= 15 is 0 Å². The molecule has 2 aromatic rings. The molecule has 3 N–H and O–H groups in total. The van der Waals surface area contributed by atoms with Gasteiger partial charge in [0, 0.05) is 25.8 Å². The van der Waals surface area contributed by atoms with E-state index in [1.165, 1.54) is 28.8 Å². The molecule has 1 aromatic carbocycles. The van der Waals surface area contributed by atoms with E-state index in [-0.39, 0.29) is 17.5 Å². The summed E-state index contributed by atoms with van der Waals surface area (Å²) in [7, 11) is 1.47. The predicted molar refractivity (Wildman–Crippen MR) is 106 cm³/mol. The number of carbonyl (C=O) groups is 2. The SMILES string of the molecule is CNC(=O)c1cc(C(=O)NC2CC2)cn(Cc2ccc3c(c2)CNCC3)c1=O. The zero-order valence-corrected chi connectivity index (χ0v) is 15.9. The van der Waals surface area contributed by atoms with Crippen LogP contribution in [0.5, 0.6) is 0 Å². The molecule has 0 spiro atoms. The number of aromatic nitrogens is 1. The van der Waals surface area contributed by atoms with Gasteiger partial charge in [0.25, 0.3) is 17.4 Å². The van der Waals surface area contributed by atoms with Crippen LogP contribution in [0.2, 0.25) is 0 Å². The van der Waals surface area contributed by atoms with Gasteiger partial charge in [-0.25, -0.2) is 0 Å². The van der Waals surface area contributed by atoms with Crippen molar-refractivity contribution >= 4 is 11.8 Å². The molecule has 0 atom stereocenters. The fraction of sp³-hybridized carbons (Fsp3) is 0.381. The highest BCUT2D eigenvalue weighted by Gasteiger charge is 2.25. The van der Waals surface area contributed by atoms with Crippen molar-refractivity contribution in [2.75, 3.05) is 13.6 Å². The fourth-order valence-corrected chi connectivity index (χ4v) is 3.50. The van der Waals surface area contributed by atoms with Crippen molar-refractivity contribution in [3.63, 3.8) is 0 Å². The summed E-state index contributed by atoms with van der Waals surface area (Å²) in [6.45, 7) is 2.09. The minimum Gasteiger partial charge on any atom is -0.355 e. The fourth-order valence-electron chi connectivity index (χ4n) is 3.50. The molecule has 1 saturated carbocycles. The van der Waals surface area contributed by atoms with E-state index in [2.05, 4.69) is 28.1 Å². The molecule has 1 fully saturated rings. The van der Waals surface area contributed by atoms with Crippen molar-refractivity contribution in [2.24, 2.45) is 0 Å². The van der Waals surface area contributed by atoms with Crippen molar-refractivity contribution in [1.29, 1.82) is 0 Å². The Morgan fingerprint density at radius 3 is 2.75 bits per heavy atom. The molecule has 2 amide bonds. The first kappa shape index (κ1) is 18.4. The summed E-state index contributed by atoms with van der Waals surface area (Å²) in [5.41, 5.74) is 3.41. The molecule has 2 heterocycles. The van der Waals surface area contributed by atoms with Crippen molar-refractivity contribution < 1.29 is 9.59 Å². The van der Waals surface area contributed by atoms with Gasteiger partial charge in [-0.05, 0) is 48.6 Å². The van der Waals surface area contributed by atoms with Crippen LogP contribution in [-0.2, 0) is 19.5 Å². The van der Waals surface area contributed by atoms with Crippen LogP contribution in [0.1, 0.15) is 50.2 Å². The monoisotopic (exact) mass is 380 g/mol. The van der Waals surface area contributed by atoms with Gasteiger partial charge in [0.2, 0.25) is 0 Å². The van der Waals surface area contributed by atoms with Crippen LogP contribution in [0.15, 0.2) is 35.3 Å². The molecule has 0 saturated heterocycles. The van der Waals surface area contributed by atoms with Crippen molar-refractivity contribution in [3.05, 3.63) is 68.6 Å². The number of nitrogens with zero attached hydrogens (tertiary/aromatic N) is 1. The van der Waals surface area contributed by atoms with Crippen LogP contribution in [0.25, 0.3) is 0 Å². The number of rotatable bonds is 5. The third kappa shape index (κ3) is 3.84. The standard InChI is InChI=1S/C21H24N4O3/c1-22-20(27)18-9-16(19(26)24-17-4-5-17)12-25(21(18)28)11-13-2-3-14-6-7-23-10-15(14)8-13/h2-3,8-9,12,17,23H,4-7,10-11H2,1H3,(H,22,27)(H,24,26). The predicted octanol–water partition coefficient (Wildman–Crippen LogP) is 0.794. The van der Waals surface area contributed by atoms with Crippen molar-refractivity contribution in [2.45, 2.75) is 38.4 Å². The van der Waals surface area contributed by atoms with Crippen molar-refractivity contribution in [3.8, 4) is 0 Å². The highest BCUT2D eigenvalue weighted by molar-refractivity contribution is 5.99. The first-order valence-electron chi connectivity index (χ1n) is 9.64. The third-order valence-electron chi connectivity index (χ3n) is 5.24. The quantitative estimate of drug-likeness (QED) is 0.715. The Labute approximate surface area is 163 Å². The molecule has 28 heavy (non-hydrogen) atoms. The largest absolute Gasteiger partial charge is 0.355 e. The second kappa shape index (κ2) is 7.59. The van der Waals surface area contributed by atoms with E-state index in [0.29, 0.717) is 12.1 Å². The van der Waals surface area contributed by atoms with Crippen LogP contribution < -0.4 is 21.5 Å². The number of amides is 2. The topological polar surface area (TPSA) is 92.2 Å². The van der Waals surface area contributed by atoms with Gasteiger partial charge in [-0.15, -0.1) is 0 Å². The Morgan fingerprint density at radius 1 is 1.18 bits per heavy atom. The normalized spacial score (nSPS) is 15.6. The number of hydrogen-bond acceptors (Lipinski definition) is 4. The van der Waals surface area contributed by atoms with Gasteiger partial charge < -0.3 is 20.5 Å². The van der Waals surface area contributed by atoms with E-state index < -0.39 is 11.5 Å². The van der Waals surface area contributed by atoms with Gasteiger partial charge in [-0.2, -0.15) is 0 Å². The lowest BCUT2D eigenvalue weighted by Gasteiger charge is -2.18. The van der Waals surface area contributed by atoms with Crippen LogP contribution >= 0.6 is 0 Å². The number of fused-ring (bicyclic) bond motifs is 1. The molecule has 1 aliphatic heterocycles. The summed E-state index contributed by atoms with van der Waals surface area (Å²) in [4.78, 5) is 37.5. The average molecular weight is 380 g/mol. The second-order valence-electron chi connectivity index (χ2n) is 7.43. The lowest BCUT2D eigenvalue weighted by atomic mass is 9.98. The molecule has 7 heteroatoms. The van der Waals surface area contributed by atoms with E-state index in [0.717, 1.165) is 37.9 Å². The maximum Gasteiger partial charge on any atom is 0.263 e. The van der Waals surface area contributed by atoms with Gasteiger partial charge in [0.05, 0.1) is 12.1 Å². The lowest BCUT2D eigenvalue weighted by molar-refractivity contribution is 0.0950. The first-order valence-corrected chi connectivity index (χ1v) is 9.64. The molecule has 4 rings (SSSR count). The van der Waals surface area contributed by atoms with E-state index in [1.807, 2.05) is 6.07 Å². The molecule has 0 unspecified atom stereocenters. The Balaban J connectivity index is 1.69. The van der Waals surface area contributed by atoms with Crippen LogP contribution in [0.3, 0.4) is 0 Å². The lowest BCUT2D eigenvalue weighted by Crippen LogP contribution is -2.34. The Morgan fingerprint density at radius 2 is 2.00 bits per heavy atom. The van der Waals surface area contributed by atoms with Crippen LogP contribution in [-0.4, -0.2) is 36.0 Å². The van der Waals surface area contributed by atoms with Gasteiger partial charge in [0.15, 0.2) is 0 Å². The number of hydrogen-bond donors (Lipinski definition) is 3. The zero-order valence-electron chi connectivity index (χ0n) is 15.9. The summed E-state index contributed by atoms with van der Waals surface area (Å²) >= 11 is 0. The summed E-state index contributed by atoms with van der Waals surface area (Å²) < 4.78 is 1.45. The number of carbonyl (C=O) groups excluding carboxylic acids is 2. The average Bonchev–Trinajstić information content (AvgIpc) is 3.52. The van der Waals surface area contributed by atoms with E-state index in [4.69, 9.17) is 0 Å². The number of pyridine rings is 1. The Kier molecular flexibility index (Phi) is 5.00. The zero-order chi connectivity index (χ0) is 19.7. The molecule has 0 bridgehead atoms. The third-order valence-corrected chi connectivity index (χ3v) is 5.24. The molecule has 7 nitrogen and oxygen atoms in total. The molecule has 2 aliphatic rings. The maximum absolute atomic E-state index is 12.8. The van der Waals surface area contributed by atoms with Gasteiger partial charge in [-0.1, -0.05) is 18.2 Å². The molecule has 1 aliphatic carbocycles. The Hall–Kier alpha value is -2.93. The van der Waals surface area contributed by atoms with Gasteiger partial charge in [-0.3, -0.25) is 14.4 Å². The summed E-state index contributed by atoms with van der Waals surface area (Å²) in [5, 5.41) is 8.74. The summed E-state index contributed by atoms with van der Waals surface area (Å²) in [5.74, 6) is -0.745. The molecular formula is C21H24N4O3.